The minimum atomic E-state index is -0.327. The van der Waals surface area contributed by atoms with E-state index in [1.807, 2.05) is 0 Å². The first kappa shape index (κ1) is 14.6. The van der Waals surface area contributed by atoms with E-state index in [0.717, 1.165) is 0 Å². The Labute approximate surface area is 138 Å². The molecule has 108 valence electrons. The third kappa shape index (κ3) is 2.29. The summed E-state index contributed by atoms with van der Waals surface area (Å²) in [5.74, 6) is -0.109. The maximum atomic E-state index is 13.6. The molecule has 0 aliphatic carbocycles. The number of imidazole rings is 1. The molecule has 3 rings (SSSR count). The molecule has 3 aromatic rings. The predicted octanol–water partition coefficient (Wildman–Crippen LogP) is 5.12. The summed E-state index contributed by atoms with van der Waals surface area (Å²) >= 11 is 15.8. The quantitative estimate of drug-likeness (QED) is 0.587. The number of fused-ring (bicyclic) bond motifs is 1. The SMILES string of the molecule is Cc1cc2c(cc1F)nc(N)n2-c1ccc(Br)c(Cl)c1Cl. The van der Waals surface area contributed by atoms with Gasteiger partial charge in [0.25, 0.3) is 0 Å². The number of hydrogen-bond acceptors (Lipinski definition) is 2. The van der Waals surface area contributed by atoms with Crippen LogP contribution in [0.5, 0.6) is 0 Å². The fourth-order valence-corrected chi connectivity index (χ4v) is 3.02. The summed E-state index contributed by atoms with van der Waals surface area (Å²) in [6.45, 7) is 1.68. The molecule has 0 aliphatic heterocycles. The van der Waals surface area contributed by atoms with Crippen LogP contribution in [0.1, 0.15) is 5.56 Å². The van der Waals surface area contributed by atoms with Crippen molar-refractivity contribution in [2.24, 2.45) is 0 Å². The standard InChI is InChI=1S/C14H9BrCl2FN3/c1-6-4-11-9(5-8(6)18)20-14(19)21(11)10-3-2-7(15)12(16)13(10)17/h2-5H,1H3,(H2,19,20). The van der Waals surface area contributed by atoms with Crippen molar-refractivity contribution in [3.63, 3.8) is 0 Å². The highest BCUT2D eigenvalue weighted by atomic mass is 79.9. The van der Waals surface area contributed by atoms with Gasteiger partial charge in [-0.3, -0.25) is 4.57 Å². The molecule has 21 heavy (non-hydrogen) atoms. The lowest BCUT2D eigenvalue weighted by Crippen LogP contribution is -2.02. The smallest absolute Gasteiger partial charge is 0.205 e. The molecule has 0 atom stereocenters. The maximum Gasteiger partial charge on any atom is 0.205 e. The molecule has 0 radical (unpaired) electrons. The fourth-order valence-electron chi connectivity index (χ4n) is 2.16. The van der Waals surface area contributed by atoms with Gasteiger partial charge in [0.2, 0.25) is 5.95 Å². The lowest BCUT2D eigenvalue weighted by Gasteiger charge is -2.11. The van der Waals surface area contributed by atoms with Crippen molar-refractivity contribution in [1.29, 1.82) is 0 Å². The van der Waals surface area contributed by atoms with E-state index < -0.39 is 0 Å². The van der Waals surface area contributed by atoms with Crippen LogP contribution in [0.3, 0.4) is 0 Å². The molecular weight excluding hydrogens is 380 g/mol. The van der Waals surface area contributed by atoms with E-state index in [2.05, 4.69) is 20.9 Å². The van der Waals surface area contributed by atoms with Crippen LogP contribution in [0, 0.1) is 12.7 Å². The van der Waals surface area contributed by atoms with Crippen molar-refractivity contribution in [1.82, 2.24) is 9.55 Å². The second kappa shape index (κ2) is 5.16. The Kier molecular flexibility index (Phi) is 3.59. The Morgan fingerprint density at radius 2 is 1.95 bits per heavy atom. The molecule has 0 aliphatic rings. The molecule has 0 bridgehead atoms. The van der Waals surface area contributed by atoms with Gasteiger partial charge in [0.15, 0.2) is 0 Å². The predicted molar refractivity (Wildman–Crippen MR) is 87.9 cm³/mol. The first-order valence-electron chi connectivity index (χ1n) is 5.98. The summed E-state index contributed by atoms with van der Waals surface area (Å²) in [7, 11) is 0. The van der Waals surface area contributed by atoms with E-state index >= 15 is 0 Å². The maximum absolute atomic E-state index is 13.6. The number of nitrogen functional groups attached to an aromatic ring is 1. The largest absolute Gasteiger partial charge is 0.369 e. The summed E-state index contributed by atoms with van der Waals surface area (Å²) in [6, 6.07) is 6.58. The Balaban J connectivity index is 2.38. The average molecular weight is 389 g/mol. The molecule has 7 heteroatoms. The Morgan fingerprint density at radius 1 is 1.24 bits per heavy atom. The molecule has 2 N–H and O–H groups in total. The minimum Gasteiger partial charge on any atom is -0.369 e. The van der Waals surface area contributed by atoms with Crippen molar-refractivity contribution in [2.45, 2.75) is 6.92 Å². The van der Waals surface area contributed by atoms with Gasteiger partial charge in [-0.25, -0.2) is 9.37 Å². The zero-order valence-corrected chi connectivity index (χ0v) is 13.9. The van der Waals surface area contributed by atoms with Gasteiger partial charge in [-0.1, -0.05) is 23.2 Å². The number of anilines is 1. The van der Waals surface area contributed by atoms with Crippen LogP contribution in [0.25, 0.3) is 16.7 Å². The molecule has 0 spiro atoms. The number of rotatable bonds is 1. The van der Waals surface area contributed by atoms with Gasteiger partial charge in [-0.05, 0) is 46.6 Å². The Bertz CT molecular complexity index is 877. The highest BCUT2D eigenvalue weighted by Crippen LogP contribution is 2.37. The van der Waals surface area contributed by atoms with Crippen molar-refractivity contribution < 1.29 is 4.39 Å². The molecular formula is C14H9BrCl2FN3. The molecule has 0 saturated heterocycles. The van der Waals surface area contributed by atoms with Crippen LogP contribution in [0.2, 0.25) is 10.0 Å². The first-order valence-corrected chi connectivity index (χ1v) is 7.53. The highest BCUT2D eigenvalue weighted by Gasteiger charge is 2.17. The van der Waals surface area contributed by atoms with Crippen molar-refractivity contribution in [2.75, 3.05) is 5.73 Å². The summed E-state index contributed by atoms with van der Waals surface area (Å²) in [4.78, 5) is 4.17. The van der Waals surface area contributed by atoms with E-state index in [4.69, 9.17) is 28.9 Å². The van der Waals surface area contributed by atoms with E-state index in [1.165, 1.54) is 6.07 Å². The molecule has 0 amide bonds. The number of hydrogen-bond donors (Lipinski definition) is 1. The lowest BCUT2D eigenvalue weighted by atomic mass is 10.2. The van der Waals surface area contributed by atoms with Gasteiger partial charge < -0.3 is 5.73 Å². The van der Waals surface area contributed by atoms with Gasteiger partial charge in [0, 0.05) is 10.5 Å². The topological polar surface area (TPSA) is 43.8 Å². The third-order valence-corrected chi connectivity index (χ3v) is 4.98. The first-order chi connectivity index (χ1) is 9.90. The number of halogens is 4. The van der Waals surface area contributed by atoms with Gasteiger partial charge in [0.05, 0.1) is 26.8 Å². The highest BCUT2D eigenvalue weighted by molar-refractivity contribution is 9.10. The van der Waals surface area contributed by atoms with Crippen LogP contribution in [-0.2, 0) is 0 Å². The number of nitrogens with two attached hydrogens (primary N) is 1. The van der Waals surface area contributed by atoms with Gasteiger partial charge in [-0.15, -0.1) is 0 Å². The summed E-state index contributed by atoms with van der Waals surface area (Å²) in [5.41, 5.74) is 8.19. The summed E-state index contributed by atoms with van der Waals surface area (Å²) in [6.07, 6.45) is 0. The van der Waals surface area contributed by atoms with Crippen LogP contribution < -0.4 is 5.73 Å². The number of nitrogens with zero attached hydrogens (tertiary/aromatic N) is 2. The number of aromatic nitrogens is 2. The Morgan fingerprint density at radius 3 is 2.67 bits per heavy atom. The van der Waals surface area contributed by atoms with Crippen molar-refractivity contribution in [3.05, 3.63) is 50.2 Å². The Hall–Kier alpha value is -1.30. The van der Waals surface area contributed by atoms with Crippen LogP contribution in [0.15, 0.2) is 28.7 Å². The van der Waals surface area contributed by atoms with E-state index in [9.17, 15) is 4.39 Å². The van der Waals surface area contributed by atoms with E-state index in [-0.39, 0.29) is 11.8 Å². The molecule has 3 nitrogen and oxygen atoms in total. The molecule has 0 saturated carbocycles. The van der Waals surface area contributed by atoms with E-state index in [1.54, 1.807) is 29.7 Å². The van der Waals surface area contributed by atoms with Gasteiger partial charge >= 0.3 is 0 Å². The van der Waals surface area contributed by atoms with Crippen LogP contribution in [-0.4, -0.2) is 9.55 Å². The van der Waals surface area contributed by atoms with Gasteiger partial charge in [0.1, 0.15) is 5.82 Å². The monoisotopic (exact) mass is 387 g/mol. The third-order valence-electron chi connectivity index (χ3n) is 3.22. The lowest BCUT2D eigenvalue weighted by molar-refractivity contribution is 0.620. The molecule has 0 unspecified atom stereocenters. The van der Waals surface area contributed by atoms with Gasteiger partial charge in [-0.2, -0.15) is 0 Å². The number of aryl methyl sites for hydroxylation is 1. The molecule has 1 aromatic heterocycles. The van der Waals surface area contributed by atoms with E-state index in [0.29, 0.717) is 36.8 Å². The normalized spacial score (nSPS) is 11.3. The molecule has 2 aromatic carbocycles. The summed E-state index contributed by atoms with van der Waals surface area (Å²) < 4.78 is 16.0. The summed E-state index contributed by atoms with van der Waals surface area (Å²) in [5, 5.41) is 0.730. The van der Waals surface area contributed by atoms with Crippen LogP contribution in [0.4, 0.5) is 10.3 Å². The molecule has 0 fully saturated rings. The second-order valence-corrected chi connectivity index (χ2v) is 6.20. The zero-order chi connectivity index (χ0) is 15.3. The molecule has 1 heterocycles. The van der Waals surface area contributed by atoms with Crippen molar-refractivity contribution in [3.8, 4) is 5.69 Å². The number of benzene rings is 2. The second-order valence-electron chi connectivity index (χ2n) is 4.59. The zero-order valence-electron chi connectivity index (χ0n) is 10.8. The average Bonchev–Trinajstić information content (AvgIpc) is 2.73. The van der Waals surface area contributed by atoms with Crippen molar-refractivity contribution >= 4 is 56.1 Å². The minimum absolute atomic E-state index is 0.218. The van der Waals surface area contributed by atoms with Crippen LogP contribution >= 0.6 is 39.1 Å². The fraction of sp³-hybridized carbons (Fsp3) is 0.0714.